The van der Waals surface area contributed by atoms with Gasteiger partial charge in [-0.25, -0.2) is 0 Å². The van der Waals surface area contributed by atoms with E-state index in [0.717, 1.165) is 25.9 Å². The minimum absolute atomic E-state index is 0.130. The lowest BCUT2D eigenvalue weighted by atomic mass is 10.0. The van der Waals surface area contributed by atoms with Gasteiger partial charge in [0.05, 0.1) is 6.54 Å². The van der Waals surface area contributed by atoms with Gasteiger partial charge in [-0.3, -0.25) is 4.79 Å². The molecule has 1 atom stereocenters. The maximum Gasteiger partial charge on any atom is 0.225 e. The van der Waals surface area contributed by atoms with Gasteiger partial charge in [-0.05, 0) is 24.5 Å². The van der Waals surface area contributed by atoms with E-state index in [1.807, 2.05) is 17.9 Å². The summed E-state index contributed by atoms with van der Waals surface area (Å²) in [6.45, 7) is 5.66. The zero-order valence-electron chi connectivity index (χ0n) is 11.6. The highest BCUT2D eigenvalue weighted by Crippen LogP contribution is 2.28. The number of aromatic amines is 1. The average Bonchev–Trinajstić information content (AvgIpc) is 2.83. The van der Waals surface area contributed by atoms with Crippen LogP contribution in [0.5, 0.6) is 0 Å². The molecule has 3 nitrogen and oxygen atoms in total. The minimum Gasteiger partial charge on any atom is -0.357 e. The van der Waals surface area contributed by atoms with E-state index < -0.39 is 0 Å². The van der Waals surface area contributed by atoms with Gasteiger partial charge in [-0.15, -0.1) is 0 Å². The van der Waals surface area contributed by atoms with Crippen LogP contribution >= 0.6 is 0 Å². The van der Waals surface area contributed by atoms with E-state index in [4.69, 9.17) is 0 Å². The van der Waals surface area contributed by atoms with Gasteiger partial charge in [0.2, 0.25) is 5.91 Å². The van der Waals surface area contributed by atoms with Crippen molar-refractivity contribution < 1.29 is 4.79 Å². The van der Waals surface area contributed by atoms with E-state index in [9.17, 15) is 4.79 Å². The summed E-state index contributed by atoms with van der Waals surface area (Å²) in [5, 5.41) is 1.31. The van der Waals surface area contributed by atoms with Gasteiger partial charge in [0, 0.05) is 29.1 Å². The number of carbonyl (C=O) groups is 1. The highest BCUT2D eigenvalue weighted by molar-refractivity contribution is 5.86. The molecule has 0 bridgehead atoms. The molecule has 2 heterocycles. The largest absolute Gasteiger partial charge is 0.357 e. The second kappa shape index (κ2) is 4.72. The van der Waals surface area contributed by atoms with Gasteiger partial charge in [-0.2, -0.15) is 0 Å². The van der Waals surface area contributed by atoms with E-state index in [0.29, 0.717) is 0 Å². The van der Waals surface area contributed by atoms with Crippen LogP contribution in [0.2, 0.25) is 0 Å². The number of amides is 1. The molecule has 1 amide bonds. The molecular weight excluding hydrogens is 236 g/mol. The summed E-state index contributed by atoms with van der Waals surface area (Å²) < 4.78 is 0. The number of hydrogen-bond donors (Lipinski definition) is 1. The Morgan fingerprint density at radius 3 is 3.00 bits per heavy atom. The Morgan fingerprint density at radius 2 is 2.21 bits per heavy atom. The van der Waals surface area contributed by atoms with Crippen molar-refractivity contribution in [1.82, 2.24) is 9.88 Å². The van der Waals surface area contributed by atoms with Crippen LogP contribution in [0.25, 0.3) is 10.9 Å². The zero-order chi connectivity index (χ0) is 13.4. The highest BCUT2D eigenvalue weighted by Gasteiger charge is 2.25. The lowest BCUT2D eigenvalue weighted by molar-refractivity contribution is -0.136. The summed E-state index contributed by atoms with van der Waals surface area (Å²) in [5.74, 6) is 0.415. The molecule has 0 spiro atoms. The standard InChI is InChI=1S/C16H20N2O/c1-3-11(2)16(19)18-9-8-13-12-6-4-5-7-14(12)17-15(13)10-18/h4-7,11,17H,3,8-10H2,1-2H3. The van der Waals surface area contributed by atoms with E-state index in [1.54, 1.807) is 0 Å². The summed E-state index contributed by atoms with van der Waals surface area (Å²) in [5.41, 5.74) is 3.79. The molecule has 2 aromatic rings. The topological polar surface area (TPSA) is 36.1 Å². The molecule has 1 N–H and O–H groups in total. The molecule has 19 heavy (non-hydrogen) atoms. The van der Waals surface area contributed by atoms with Crippen molar-refractivity contribution in [3.8, 4) is 0 Å². The van der Waals surface area contributed by atoms with Gasteiger partial charge in [0.15, 0.2) is 0 Å². The second-order valence-corrected chi connectivity index (χ2v) is 5.45. The maximum atomic E-state index is 12.3. The van der Waals surface area contributed by atoms with Gasteiger partial charge >= 0.3 is 0 Å². The number of carbonyl (C=O) groups excluding carboxylic acids is 1. The fourth-order valence-electron chi connectivity index (χ4n) is 2.87. The number of benzene rings is 1. The Morgan fingerprint density at radius 1 is 1.42 bits per heavy atom. The smallest absolute Gasteiger partial charge is 0.225 e. The van der Waals surface area contributed by atoms with Crippen molar-refractivity contribution in [1.29, 1.82) is 0 Å². The molecule has 0 radical (unpaired) electrons. The van der Waals surface area contributed by atoms with Crippen molar-refractivity contribution in [3.63, 3.8) is 0 Å². The lowest BCUT2D eigenvalue weighted by Gasteiger charge is -2.29. The zero-order valence-corrected chi connectivity index (χ0v) is 11.6. The maximum absolute atomic E-state index is 12.3. The number of para-hydroxylation sites is 1. The molecule has 0 saturated carbocycles. The predicted octanol–water partition coefficient (Wildman–Crippen LogP) is 3.10. The first kappa shape index (κ1) is 12.3. The van der Waals surface area contributed by atoms with Gasteiger partial charge in [0.1, 0.15) is 0 Å². The minimum atomic E-state index is 0.130. The third kappa shape index (κ3) is 2.03. The fourth-order valence-corrected chi connectivity index (χ4v) is 2.87. The first-order valence-corrected chi connectivity index (χ1v) is 7.08. The van der Waals surface area contributed by atoms with Crippen LogP contribution in [0.4, 0.5) is 0 Å². The van der Waals surface area contributed by atoms with Gasteiger partial charge in [0.25, 0.3) is 0 Å². The molecular formula is C16H20N2O. The first-order valence-electron chi connectivity index (χ1n) is 7.08. The molecule has 1 aliphatic rings. The van der Waals surface area contributed by atoms with E-state index in [2.05, 4.69) is 30.1 Å². The Balaban J connectivity index is 1.90. The van der Waals surface area contributed by atoms with Crippen LogP contribution in [-0.2, 0) is 17.8 Å². The van der Waals surface area contributed by atoms with Gasteiger partial charge in [-0.1, -0.05) is 32.0 Å². The Bertz CT molecular complexity index is 614. The van der Waals surface area contributed by atoms with Crippen molar-refractivity contribution in [2.24, 2.45) is 5.92 Å². The number of nitrogens with one attached hydrogen (secondary N) is 1. The van der Waals surface area contributed by atoms with Crippen LogP contribution < -0.4 is 0 Å². The number of rotatable bonds is 2. The summed E-state index contributed by atoms with van der Waals surface area (Å²) >= 11 is 0. The second-order valence-electron chi connectivity index (χ2n) is 5.45. The summed E-state index contributed by atoms with van der Waals surface area (Å²) in [4.78, 5) is 17.7. The van der Waals surface area contributed by atoms with Crippen molar-refractivity contribution in [3.05, 3.63) is 35.5 Å². The Kier molecular flexibility index (Phi) is 3.05. The third-order valence-corrected chi connectivity index (χ3v) is 4.23. The lowest BCUT2D eigenvalue weighted by Crippen LogP contribution is -2.38. The fraction of sp³-hybridized carbons (Fsp3) is 0.438. The number of fused-ring (bicyclic) bond motifs is 3. The normalized spacial score (nSPS) is 16.4. The van der Waals surface area contributed by atoms with Crippen LogP contribution in [-0.4, -0.2) is 22.3 Å². The monoisotopic (exact) mass is 256 g/mol. The molecule has 100 valence electrons. The molecule has 3 rings (SSSR count). The van der Waals surface area contributed by atoms with E-state index >= 15 is 0 Å². The summed E-state index contributed by atoms with van der Waals surface area (Å²) in [6.07, 6.45) is 1.87. The van der Waals surface area contributed by atoms with Crippen LogP contribution in [0.3, 0.4) is 0 Å². The molecule has 1 aromatic heterocycles. The van der Waals surface area contributed by atoms with Crippen molar-refractivity contribution >= 4 is 16.8 Å². The van der Waals surface area contributed by atoms with E-state index in [1.165, 1.54) is 22.2 Å². The number of aromatic nitrogens is 1. The molecule has 1 aromatic carbocycles. The number of H-pyrrole nitrogens is 1. The van der Waals surface area contributed by atoms with Gasteiger partial charge < -0.3 is 9.88 Å². The molecule has 0 saturated heterocycles. The van der Waals surface area contributed by atoms with Crippen molar-refractivity contribution in [2.45, 2.75) is 33.2 Å². The third-order valence-electron chi connectivity index (χ3n) is 4.23. The van der Waals surface area contributed by atoms with Crippen LogP contribution in [0.1, 0.15) is 31.5 Å². The Hall–Kier alpha value is -1.77. The number of nitrogens with zero attached hydrogens (tertiary/aromatic N) is 1. The van der Waals surface area contributed by atoms with Crippen molar-refractivity contribution in [2.75, 3.05) is 6.54 Å². The predicted molar refractivity (Wildman–Crippen MR) is 76.9 cm³/mol. The van der Waals surface area contributed by atoms with E-state index in [-0.39, 0.29) is 11.8 Å². The highest BCUT2D eigenvalue weighted by atomic mass is 16.2. The molecule has 3 heteroatoms. The summed E-state index contributed by atoms with van der Waals surface area (Å²) in [7, 11) is 0. The summed E-state index contributed by atoms with van der Waals surface area (Å²) in [6, 6.07) is 8.39. The molecule has 1 aliphatic heterocycles. The number of hydrogen-bond acceptors (Lipinski definition) is 1. The quantitative estimate of drug-likeness (QED) is 0.880. The van der Waals surface area contributed by atoms with Crippen LogP contribution in [0, 0.1) is 5.92 Å². The molecule has 0 aliphatic carbocycles. The SMILES string of the molecule is CCC(C)C(=O)N1CCc2c([nH]c3ccccc23)C1. The Labute approximate surface area is 113 Å². The van der Waals surface area contributed by atoms with Crippen LogP contribution in [0.15, 0.2) is 24.3 Å². The first-order chi connectivity index (χ1) is 9.20. The molecule has 1 unspecified atom stereocenters. The molecule has 0 fully saturated rings. The average molecular weight is 256 g/mol.